The van der Waals surface area contributed by atoms with Gasteiger partial charge in [-0.1, -0.05) is 73.0 Å². The lowest BCUT2D eigenvalue weighted by Gasteiger charge is -2.25. The Kier molecular flexibility index (Phi) is 13.7. The number of carbonyl (C=O) groups excluding carboxylic acids is 1. The number of nitrogens with zero attached hydrogens (tertiary/aromatic N) is 2. The van der Waals surface area contributed by atoms with E-state index >= 15 is 0 Å². The van der Waals surface area contributed by atoms with E-state index in [-0.39, 0.29) is 6.73 Å². The number of anilines is 2. The maximum absolute atomic E-state index is 12.7. The number of ether oxygens (including phenoxy) is 3. The number of benzene rings is 3. The van der Waals surface area contributed by atoms with Crippen LogP contribution in [0.15, 0.2) is 96.1 Å². The number of aryl methyl sites for hydroxylation is 1. The van der Waals surface area contributed by atoms with Crippen molar-refractivity contribution in [2.75, 3.05) is 37.4 Å². The van der Waals surface area contributed by atoms with Crippen molar-refractivity contribution in [3.8, 4) is 11.5 Å². The van der Waals surface area contributed by atoms with Crippen LogP contribution in [0, 0.1) is 0 Å². The van der Waals surface area contributed by atoms with Crippen molar-refractivity contribution >= 4 is 17.5 Å². The van der Waals surface area contributed by atoms with Crippen LogP contribution >= 0.6 is 0 Å². The van der Waals surface area contributed by atoms with Gasteiger partial charge in [-0.05, 0) is 94.8 Å². The number of unbranched alkanes of at least 4 members (excludes halogenated alkanes) is 1. The highest BCUT2D eigenvalue weighted by Gasteiger charge is 2.20. The van der Waals surface area contributed by atoms with Gasteiger partial charge in [0.15, 0.2) is 13.5 Å². The SMILES string of the molecule is CCCCc1cc(OCN(C)c2ccccc2)c(C/C=C(\C)CCC=C(C)C)c(OCN(C(=O)OC)c2ccccc2)c1. The summed E-state index contributed by atoms with van der Waals surface area (Å²) >= 11 is 0. The minimum absolute atomic E-state index is 0.00748. The first-order valence-corrected chi connectivity index (χ1v) is 15.2. The molecule has 0 fully saturated rings. The van der Waals surface area contributed by atoms with E-state index in [9.17, 15) is 4.79 Å². The van der Waals surface area contributed by atoms with Crippen LogP contribution < -0.4 is 19.3 Å². The molecule has 43 heavy (non-hydrogen) atoms. The van der Waals surface area contributed by atoms with Crippen molar-refractivity contribution in [2.24, 2.45) is 0 Å². The number of hydrogen-bond acceptors (Lipinski definition) is 5. The number of para-hydroxylation sites is 2. The molecule has 3 rings (SSSR count). The summed E-state index contributed by atoms with van der Waals surface area (Å²) in [4.78, 5) is 16.3. The second kappa shape index (κ2) is 17.7. The van der Waals surface area contributed by atoms with E-state index in [4.69, 9.17) is 14.2 Å². The molecule has 0 aliphatic carbocycles. The van der Waals surface area contributed by atoms with E-state index in [1.807, 2.05) is 55.6 Å². The molecule has 0 atom stereocenters. The molecule has 3 aromatic carbocycles. The number of rotatable bonds is 16. The monoisotopic (exact) mass is 584 g/mol. The number of carbonyl (C=O) groups is 1. The molecular formula is C37H48N2O4. The van der Waals surface area contributed by atoms with Crippen LogP contribution in [-0.4, -0.2) is 33.7 Å². The third kappa shape index (κ3) is 10.9. The van der Waals surface area contributed by atoms with Gasteiger partial charge in [-0.15, -0.1) is 0 Å². The quantitative estimate of drug-likeness (QED) is 0.124. The first-order chi connectivity index (χ1) is 20.8. The summed E-state index contributed by atoms with van der Waals surface area (Å²) in [5, 5.41) is 0. The zero-order valence-electron chi connectivity index (χ0n) is 26.8. The van der Waals surface area contributed by atoms with Gasteiger partial charge in [0.2, 0.25) is 0 Å². The lowest BCUT2D eigenvalue weighted by Crippen LogP contribution is -2.34. The molecule has 230 valence electrons. The van der Waals surface area contributed by atoms with Crippen LogP contribution in [0.25, 0.3) is 0 Å². The normalized spacial score (nSPS) is 11.1. The van der Waals surface area contributed by atoms with Crippen molar-refractivity contribution in [3.05, 3.63) is 107 Å². The smallest absolute Gasteiger partial charge is 0.416 e. The Morgan fingerprint density at radius 3 is 2.02 bits per heavy atom. The van der Waals surface area contributed by atoms with Gasteiger partial charge in [-0.2, -0.15) is 0 Å². The van der Waals surface area contributed by atoms with E-state index < -0.39 is 6.09 Å². The Labute approximate surface area is 258 Å². The summed E-state index contributed by atoms with van der Waals surface area (Å²) in [6.07, 6.45) is 9.77. The molecular weight excluding hydrogens is 536 g/mol. The average molecular weight is 585 g/mol. The molecule has 0 aliphatic heterocycles. The summed E-state index contributed by atoms with van der Waals surface area (Å²) < 4.78 is 18.1. The largest absolute Gasteiger partial charge is 0.473 e. The summed E-state index contributed by atoms with van der Waals surface area (Å²) in [7, 11) is 3.40. The predicted octanol–water partition coefficient (Wildman–Crippen LogP) is 9.35. The molecule has 0 bridgehead atoms. The Balaban J connectivity index is 1.97. The lowest BCUT2D eigenvalue weighted by atomic mass is 10.0. The molecule has 1 amide bonds. The van der Waals surface area contributed by atoms with Crippen molar-refractivity contribution in [2.45, 2.75) is 66.2 Å². The summed E-state index contributed by atoms with van der Waals surface area (Å²) in [5.41, 5.74) is 6.53. The minimum Gasteiger partial charge on any atom is -0.473 e. The van der Waals surface area contributed by atoms with E-state index in [1.54, 1.807) is 0 Å². The molecule has 3 aromatic rings. The second-order valence-electron chi connectivity index (χ2n) is 11.1. The highest BCUT2D eigenvalue weighted by molar-refractivity contribution is 5.87. The van der Waals surface area contributed by atoms with E-state index in [2.05, 4.69) is 69.0 Å². The number of hydrogen-bond donors (Lipinski definition) is 0. The van der Waals surface area contributed by atoms with Crippen LogP contribution in [-0.2, 0) is 17.6 Å². The Bertz CT molecular complexity index is 1330. The lowest BCUT2D eigenvalue weighted by molar-refractivity contribution is 0.170. The minimum atomic E-state index is -0.481. The van der Waals surface area contributed by atoms with Gasteiger partial charge >= 0.3 is 6.09 Å². The molecule has 0 spiro atoms. The maximum atomic E-state index is 12.7. The van der Waals surface area contributed by atoms with E-state index in [0.29, 0.717) is 24.6 Å². The van der Waals surface area contributed by atoms with Crippen LogP contribution in [0.2, 0.25) is 0 Å². The van der Waals surface area contributed by atoms with Gasteiger partial charge in [0.1, 0.15) is 11.5 Å². The van der Waals surface area contributed by atoms with E-state index in [0.717, 1.165) is 54.7 Å². The molecule has 0 N–H and O–H groups in total. The standard InChI is InChI=1S/C37H48N2O4/c1-7-8-18-31-25-35(42-27-38(5)32-19-11-9-12-20-32)34(24-23-30(4)17-15-16-29(2)3)36(26-31)43-28-39(37(40)41-6)33-21-13-10-14-22-33/h9-14,16,19-23,25-26H,7-8,15,17-18,24,27-28H2,1-6H3/b30-23+. The zero-order chi connectivity index (χ0) is 31.0. The van der Waals surface area contributed by atoms with Gasteiger partial charge in [-0.25, -0.2) is 9.69 Å². The fourth-order valence-electron chi connectivity index (χ4n) is 4.63. The van der Waals surface area contributed by atoms with Crippen molar-refractivity contribution in [1.29, 1.82) is 0 Å². The molecule has 6 heteroatoms. The van der Waals surface area contributed by atoms with Gasteiger partial charge in [0.05, 0.1) is 12.8 Å². The van der Waals surface area contributed by atoms with Crippen LogP contribution in [0.5, 0.6) is 11.5 Å². The van der Waals surface area contributed by atoms with Crippen LogP contribution in [0.1, 0.15) is 64.5 Å². The molecule has 0 aromatic heterocycles. The highest BCUT2D eigenvalue weighted by Crippen LogP contribution is 2.34. The molecule has 0 saturated heterocycles. The molecule has 0 heterocycles. The Hall–Kier alpha value is -4.19. The first kappa shape index (κ1) is 33.3. The fourth-order valence-corrected chi connectivity index (χ4v) is 4.63. The number of methoxy groups -OCH3 is 1. The number of allylic oxidation sites excluding steroid dienone is 4. The predicted molar refractivity (Wildman–Crippen MR) is 178 cm³/mol. The summed E-state index contributed by atoms with van der Waals surface area (Å²) in [6, 6.07) is 23.9. The Morgan fingerprint density at radius 2 is 1.44 bits per heavy atom. The summed E-state index contributed by atoms with van der Waals surface area (Å²) in [5.74, 6) is 1.51. The molecule has 6 nitrogen and oxygen atoms in total. The molecule has 0 unspecified atom stereocenters. The van der Waals surface area contributed by atoms with Gasteiger partial charge in [-0.3, -0.25) is 0 Å². The van der Waals surface area contributed by atoms with Crippen molar-refractivity contribution in [3.63, 3.8) is 0 Å². The van der Waals surface area contributed by atoms with Gasteiger partial charge in [0.25, 0.3) is 0 Å². The summed E-state index contributed by atoms with van der Waals surface area (Å²) in [6.45, 7) is 9.02. The third-order valence-electron chi connectivity index (χ3n) is 7.22. The van der Waals surface area contributed by atoms with Crippen LogP contribution in [0.4, 0.5) is 16.2 Å². The van der Waals surface area contributed by atoms with E-state index in [1.165, 1.54) is 23.2 Å². The molecule has 0 aliphatic rings. The molecule has 0 radical (unpaired) electrons. The molecule has 0 saturated carbocycles. The average Bonchev–Trinajstić information content (AvgIpc) is 3.02. The van der Waals surface area contributed by atoms with Gasteiger partial charge in [0, 0.05) is 18.3 Å². The topological polar surface area (TPSA) is 51.2 Å². The van der Waals surface area contributed by atoms with Gasteiger partial charge < -0.3 is 19.1 Å². The van der Waals surface area contributed by atoms with Crippen molar-refractivity contribution < 1.29 is 19.0 Å². The van der Waals surface area contributed by atoms with Crippen LogP contribution in [0.3, 0.4) is 0 Å². The van der Waals surface area contributed by atoms with Crippen molar-refractivity contribution in [1.82, 2.24) is 0 Å². The fraction of sp³-hybridized carbons (Fsp3) is 0.378. The number of amides is 1. The second-order valence-corrected chi connectivity index (χ2v) is 11.1. The maximum Gasteiger partial charge on any atom is 0.416 e. The zero-order valence-corrected chi connectivity index (χ0v) is 26.8. The first-order valence-electron chi connectivity index (χ1n) is 15.2. The highest BCUT2D eigenvalue weighted by atomic mass is 16.6. The Morgan fingerprint density at radius 1 is 0.837 bits per heavy atom. The third-order valence-corrected chi connectivity index (χ3v) is 7.22.